The van der Waals surface area contributed by atoms with Gasteiger partial charge in [0.2, 0.25) is 0 Å². The van der Waals surface area contributed by atoms with Crippen molar-refractivity contribution in [3.63, 3.8) is 0 Å². The molecule has 4 N–H and O–H groups in total. The third-order valence-electron chi connectivity index (χ3n) is 2.74. The number of H-pyrrole nitrogens is 1. The Kier molecular flexibility index (Phi) is 3.12. The average molecular weight is 220 g/mol. The van der Waals surface area contributed by atoms with Crippen LogP contribution >= 0.6 is 0 Å². The Morgan fingerprint density at radius 3 is 2.94 bits per heavy atom. The predicted octanol–water partition coefficient (Wildman–Crippen LogP) is 1.24. The fourth-order valence-electron chi connectivity index (χ4n) is 1.77. The molecule has 1 heterocycles. The van der Waals surface area contributed by atoms with Crippen molar-refractivity contribution in [1.82, 2.24) is 4.98 Å². The SMILES string of the molecule is Cc1c(NCC(O)CO)ccc2[nH]ccc12. The molecule has 0 amide bonds. The normalized spacial score (nSPS) is 12.9. The Hall–Kier alpha value is -1.52. The minimum atomic E-state index is -0.721. The van der Waals surface area contributed by atoms with Crippen LogP contribution in [-0.2, 0) is 0 Å². The molecule has 4 nitrogen and oxygen atoms in total. The van der Waals surface area contributed by atoms with Gasteiger partial charge >= 0.3 is 0 Å². The number of benzene rings is 1. The number of hydrogen-bond acceptors (Lipinski definition) is 3. The van der Waals surface area contributed by atoms with Crippen molar-refractivity contribution in [3.05, 3.63) is 30.0 Å². The average Bonchev–Trinajstić information content (AvgIpc) is 2.76. The standard InChI is InChI=1S/C12H16N2O2/c1-8-10-4-5-13-12(10)3-2-11(8)14-6-9(16)7-15/h2-5,9,13-16H,6-7H2,1H3. The van der Waals surface area contributed by atoms with Gasteiger partial charge in [-0.1, -0.05) is 0 Å². The van der Waals surface area contributed by atoms with Crippen molar-refractivity contribution in [1.29, 1.82) is 0 Å². The van der Waals surface area contributed by atoms with Crippen LogP contribution in [0.5, 0.6) is 0 Å². The number of hydrogen-bond donors (Lipinski definition) is 4. The van der Waals surface area contributed by atoms with E-state index in [0.717, 1.165) is 16.8 Å². The van der Waals surface area contributed by atoms with Crippen LogP contribution in [0.2, 0.25) is 0 Å². The molecule has 4 heteroatoms. The number of aliphatic hydroxyl groups excluding tert-OH is 2. The fourth-order valence-corrected chi connectivity index (χ4v) is 1.77. The number of anilines is 1. The van der Waals surface area contributed by atoms with Crippen LogP contribution in [-0.4, -0.2) is 34.5 Å². The van der Waals surface area contributed by atoms with E-state index < -0.39 is 6.10 Å². The van der Waals surface area contributed by atoms with Gasteiger partial charge in [-0.3, -0.25) is 0 Å². The van der Waals surface area contributed by atoms with Crippen LogP contribution in [0.1, 0.15) is 5.56 Å². The molecule has 86 valence electrons. The van der Waals surface area contributed by atoms with Crippen molar-refractivity contribution in [2.45, 2.75) is 13.0 Å². The number of aliphatic hydroxyl groups is 2. The van der Waals surface area contributed by atoms with Gasteiger partial charge in [-0.25, -0.2) is 0 Å². The Morgan fingerprint density at radius 1 is 1.38 bits per heavy atom. The van der Waals surface area contributed by atoms with Gasteiger partial charge in [0.25, 0.3) is 0 Å². The summed E-state index contributed by atoms with van der Waals surface area (Å²) in [5, 5.41) is 22.3. The van der Waals surface area contributed by atoms with Gasteiger partial charge < -0.3 is 20.5 Å². The van der Waals surface area contributed by atoms with Gasteiger partial charge in [0.1, 0.15) is 0 Å². The second-order valence-electron chi connectivity index (χ2n) is 3.89. The minimum absolute atomic E-state index is 0.224. The smallest absolute Gasteiger partial charge is 0.0942 e. The van der Waals surface area contributed by atoms with Crippen molar-refractivity contribution in [2.75, 3.05) is 18.5 Å². The largest absolute Gasteiger partial charge is 0.394 e. The topological polar surface area (TPSA) is 68.3 Å². The van der Waals surface area contributed by atoms with E-state index in [2.05, 4.69) is 10.3 Å². The monoisotopic (exact) mass is 220 g/mol. The molecule has 0 aliphatic carbocycles. The molecule has 0 radical (unpaired) electrons. The first kappa shape index (κ1) is 11.0. The predicted molar refractivity (Wildman–Crippen MR) is 64.6 cm³/mol. The molecule has 0 aliphatic rings. The molecule has 0 fully saturated rings. The zero-order chi connectivity index (χ0) is 11.5. The number of rotatable bonds is 4. The molecule has 0 saturated heterocycles. The van der Waals surface area contributed by atoms with Crippen LogP contribution in [0, 0.1) is 6.92 Å². The number of nitrogens with one attached hydrogen (secondary N) is 2. The molecule has 1 unspecified atom stereocenters. The second-order valence-corrected chi connectivity index (χ2v) is 3.89. The zero-order valence-corrected chi connectivity index (χ0v) is 9.20. The van der Waals surface area contributed by atoms with Crippen LogP contribution in [0.15, 0.2) is 24.4 Å². The summed E-state index contributed by atoms with van der Waals surface area (Å²) in [5.74, 6) is 0. The van der Waals surface area contributed by atoms with Crippen molar-refractivity contribution in [2.24, 2.45) is 0 Å². The van der Waals surface area contributed by atoms with E-state index in [1.54, 1.807) is 0 Å². The van der Waals surface area contributed by atoms with Crippen molar-refractivity contribution < 1.29 is 10.2 Å². The van der Waals surface area contributed by atoms with E-state index >= 15 is 0 Å². The van der Waals surface area contributed by atoms with Gasteiger partial charge in [0, 0.05) is 29.3 Å². The summed E-state index contributed by atoms with van der Waals surface area (Å²) in [6, 6.07) is 5.99. The first-order valence-electron chi connectivity index (χ1n) is 5.32. The second kappa shape index (κ2) is 4.55. The third-order valence-corrected chi connectivity index (χ3v) is 2.74. The van der Waals surface area contributed by atoms with E-state index in [0.29, 0.717) is 6.54 Å². The zero-order valence-electron chi connectivity index (χ0n) is 9.20. The molecular formula is C12H16N2O2. The molecule has 0 saturated carbocycles. The Labute approximate surface area is 93.9 Å². The molecule has 0 aliphatic heterocycles. The van der Waals surface area contributed by atoms with Crippen molar-refractivity contribution >= 4 is 16.6 Å². The van der Waals surface area contributed by atoms with Gasteiger partial charge in [-0.15, -0.1) is 0 Å². The van der Waals surface area contributed by atoms with Crippen LogP contribution in [0.4, 0.5) is 5.69 Å². The van der Waals surface area contributed by atoms with E-state index in [-0.39, 0.29) is 6.61 Å². The molecule has 2 aromatic rings. The molecular weight excluding hydrogens is 204 g/mol. The molecule has 0 bridgehead atoms. The van der Waals surface area contributed by atoms with E-state index in [1.807, 2.05) is 31.3 Å². The lowest BCUT2D eigenvalue weighted by atomic mass is 10.1. The molecule has 1 aromatic heterocycles. The third kappa shape index (κ3) is 2.03. The summed E-state index contributed by atoms with van der Waals surface area (Å²) in [6.07, 6.45) is 1.19. The maximum atomic E-state index is 9.26. The molecule has 1 atom stereocenters. The van der Waals surface area contributed by atoms with Crippen LogP contribution < -0.4 is 5.32 Å². The Balaban J connectivity index is 2.21. The Bertz CT molecular complexity index is 479. The molecule has 2 rings (SSSR count). The number of fused-ring (bicyclic) bond motifs is 1. The van der Waals surface area contributed by atoms with E-state index in [9.17, 15) is 5.11 Å². The molecule has 1 aromatic carbocycles. The lowest BCUT2D eigenvalue weighted by Gasteiger charge is -2.13. The van der Waals surface area contributed by atoms with Gasteiger partial charge in [0.05, 0.1) is 12.7 Å². The molecule has 0 spiro atoms. The van der Waals surface area contributed by atoms with E-state index in [1.165, 1.54) is 5.39 Å². The number of aryl methyl sites for hydroxylation is 1. The Morgan fingerprint density at radius 2 is 2.19 bits per heavy atom. The summed E-state index contributed by atoms with van der Waals surface area (Å²) in [5.41, 5.74) is 3.23. The number of aromatic amines is 1. The maximum absolute atomic E-state index is 9.26. The van der Waals surface area contributed by atoms with E-state index in [4.69, 9.17) is 5.11 Å². The highest BCUT2D eigenvalue weighted by Crippen LogP contribution is 2.24. The lowest BCUT2D eigenvalue weighted by molar-refractivity contribution is 0.105. The summed E-state index contributed by atoms with van der Waals surface area (Å²) >= 11 is 0. The van der Waals surface area contributed by atoms with Gasteiger partial charge in [0.15, 0.2) is 0 Å². The van der Waals surface area contributed by atoms with Crippen LogP contribution in [0.3, 0.4) is 0 Å². The van der Waals surface area contributed by atoms with Crippen molar-refractivity contribution in [3.8, 4) is 0 Å². The van der Waals surface area contributed by atoms with Gasteiger partial charge in [-0.05, 0) is 30.7 Å². The molecule has 16 heavy (non-hydrogen) atoms. The fraction of sp³-hybridized carbons (Fsp3) is 0.333. The highest BCUT2D eigenvalue weighted by Gasteiger charge is 2.06. The van der Waals surface area contributed by atoms with Crippen LogP contribution in [0.25, 0.3) is 10.9 Å². The van der Waals surface area contributed by atoms with Gasteiger partial charge in [-0.2, -0.15) is 0 Å². The maximum Gasteiger partial charge on any atom is 0.0942 e. The summed E-state index contributed by atoms with van der Waals surface area (Å²) in [7, 11) is 0. The summed E-state index contributed by atoms with van der Waals surface area (Å²) < 4.78 is 0. The number of aromatic nitrogens is 1. The summed E-state index contributed by atoms with van der Waals surface area (Å²) in [6.45, 7) is 2.16. The highest BCUT2D eigenvalue weighted by atomic mass is 16.3. The first-order chi connectivity index (χ1) is 7.72. The lowest BCUT2D eigenvalue weighted by Crippen LogP contribution is -2.23. The highest BCUT2D eigenvalue weighted by molar-refractivity contribution is 5.87. The summed E-state index contributed by atoms with van der Waals surface area (Å²) in [4.78, 5) is 3.15. The minimum Gasteiger partial charge on any atom is -0.394 e. The first-order valence-corrected chi connectivity index (χ1v) is 5.32. The quantitative estimate of drug-likeness (QED) is 0.626.